The van der Waals surface area contributed by atoms with Gasteiger partial charge in [0, 0.05) is 50.5 Å². The second kappa shape index (κ2) is 9.03. The van der Waals surface area contributed by atoms with Crippen LogP contribution in [0.4, 0.5) is 4.79 Å². The van der Waals surface area contributed by atoms with Crippen molar-refractivity contribution >= 4 is 6.03 Å². The van der Waals surface area contributed by atoms with Crippen molar-refractivity contribution in [2.24, 2.45) is 0 Å². The van der Waals surface area contributed by atoms with Crippen molar-refractivity contribution in [1.29, 1.82) is 0 Å². The third-order valence-electron chi connectivity index (χ3n) is 4.66. The Balaban J connectivity index is 1.86. The Morgan fingerprint density at radius 2 is 2.00 bits per heavy atom. The second-order valence-electron chi connectivity index (χ2n) is 6.17. The molecule has 1 fully saturated rings. The third-order valence-corrected chi connectivity index (χ3v) is 4.66. The van der Waals surface area contributed by atoms with Gasteiger partial charge in [-0.2, -0.15) is 5.10 Å². The molecule has 0 spiro atoms. The van der Waals surface area contributed by atoms with Crippen molar-refractivity contribution in [3.8, 4) is 0 Å². The molecular weight excluding hydrogens is 306 g/mol. The molecule has 1 saturated heterocycles. The number of nitrogens with one attached hydrogen (secondary N) is 1. The van der Waals surface area contributed by atoms with Gasteiger partial charge < -0.3 is 15.0 Å². The molecule has 24 heavy (non-hydrogen) atoms. The Hall–Kier alpha value is -1.60. The van der Waals surface area contributed by atoms with Crippen molar-refractivity contribution in [3.63, 3.8) is 0 Å². The maximum Gasteiger partial charge on any atom is 0.317 e. The molecule has 1 aromatic rings. The van der Waals surface area contributed by atoms with E-state index in [2.05, 4.69) is 29.2 Å². The highest BCUT2D eigenvalue weighted by Crippen LogP contribution is 2.15. The molecule has 0 radical (unpaired) electrons. The Morgan fingerprint density at radius 3 is 2.58 bits per heavy atom. The zero-order valence-electron chi connectivity index (χ0n) is 15.5. The largest absolute Gasteiger partial charge is 0.379 e. The summed E-state index contributed by atoms with van der Waals surface area (Å²) < 4.78 is 7.33. The van der Waals surface area contributed by atoms with Gasteiger partial charge in [0.2, 0.25) is 0 Å². The number of nitrogens with zero attached hydrogens (tertiary/aromatic N) is 4. The van der Waals surface area contributed by atoms with Gasteiger partial charge in [-0.25, -0.2) is 4.79 Å². The number of hydrogen-bond acceptors (Lipinski definition) is 4. The summed E-state index contributed by atoms with van der Waals surface area (Å²) in [5.41, 5.74) is 3.31. The lowest BCUT2D eigenvalue weighted by atomic mass is 10.2. The molecule has 0 unspecified atom stereocenters. The predicted molar refractivity (Wildman–Crippen MR) is 94.1 cm³/mol. The molecule has 2 amide bonds. The van der Waals surface area contributed by atoms with Crippen molar-refractivity contribution in [2.45, 2.75) is 40.8 Å². The molecule has 136 valence electrons. The average Bonchev–Trinajstić information content (AvgIpc) is 2.87. The lowest BCUT2D eigenvalue weighted by Gasteiger charge is -2.27. The lowest BCUT2D eigenvalue weighted by Crippen LogP contribution is -2.45. The van der Waals surface area contributed by atoms with Gasteiger partial charge in [0.1, 0.15) is 0 Å². The van der Waals surface area contributed by atoms with E-state index in [4.69, 9.17) is 4.74 Å². The van der Waals surface area contributed by atoms with Crippen LogP contribution in [-0.2, 0) is 17.8 Å². The van der Waals surface area contributed by atoms with Crippen LogP contribution in [-0.4, -0.2) is 71.5 Å². The number of carbonyl (C=O) groups is 1. The minimum Gasteiger partial charge on any atom is -0.379 e. The summed E-state index contributed by atoms with van der Waals surface area (Å²) in [5, 5.41) is 7.58. The van der Waals surface area contributed by atoms with Gasteiger partial charge in [-0.1, -0.05) is 0 Å². The Bertz CT molecular complexity index is 537. The molecule has 1 aromatic heterocycles. The standard InChI is InChI=1S/C17H31N5O2/c1-5-21(13-16-14(3)19-22(6-2)15(16)4)17(23)18-7-8-20-9-11-24-12-10-20/h5-13H2,1-4H3,(H,18,23). The fraction of sp³-hybridized carbons (Fsp3) is 0.765. The number of ether oxygens (including phenoxy) is 1. The first-order valence-electron chi connectivity index (χ1n) is 8.92. The average molecular weight is 337 g/mol. The fourth-order valence-electron chi connectivity index (χ4n) is 3.05. The van der Waals surface area contributed by atoms with Crippen LogP contribution in [0, 0.1) is 13.8 Å². The topological polar surface area (TPSA) is 62.6 Å². The van der Waals surface area contributed by atoms with Crippen LogP contribution in [0.1, 0.15) is 30.8 Å². The maximum atomic E-state index is 12.5. The second-order valence-corrected chi connectivity index (χ2v) is 6.17. The Morgan fingerprint density at radius 1 is 1.29 bits per heavy atom. The summed E-state index contributed by atoms with van der Waals surface area (Å²) in [7, 11) is 0. The molecule has 1 aliphatic heterocycles. The van der Waals surface area contributed by atoms with Crippen LogP contribution in [0.25, 0.3) is 0 Å². The smallest absolute Gasteiger partial charge is 0.317 e. The van der Waals surface area contributed by atoms with Gasteiger partial charge >= 0.3 is 6.03 Å². The number of aromatic nitrogens is 2. The first-order valence-corrected chi connectivity index (χ1v) is 8.92. The van der Waals surface area contributed by atoms with E-state index >= 15 is 0 Å². The zero-order valence-corrected chi connectivity index (χ0v) is 15.5. The van der Waals surface area contributed by atoms with Gasteiger partial charge in [-0.3, -0.25) is 9.58 Å². The minimum atomic E-state index is -0.00573. The van der Waals surface area contributed by atoms with E-state index in [1.54, 1.807) is 0 Å². The van der Waals surface area contributed by atoms with Gasteiger partial charge in [0.05, 0.1) is 25.5 Å². The molecule has 2 heterocycles. The van der Waals surface area contributed by atoms with Gasteiger partial charge in [0.25, 0.3) is 0 Å². The molecular formula is C17H31N5O2. The van der Waals surface area contributed by atoms with E-state index in [9.17, 15) is 4.79 Å². The molecule has 7 nitrogen and oxygen atoms in total. The lowest BCUT2D eigenvalue weighted by molar-refractivity contribution is 0.0386. The summed E-state index contributed by atoms with van der Waals surface area (Å²) >= 11 is 0. The third kappa shape index (κ3) is 4.70. The SMILES string of the molecule is CCN(Cc1c(C)nn(CC)c1C)C(=O)NCCN1CCOCC1. The first-order chi connectivity index (χ1) is 11.6. The van der Waals surface area contributed by atoms with Crippen molar-refractivity contribution in [2.75, 3.05) is 45.9 Å². The summed E-state index contributed by atoms with van der Waals surface area (Å²) in [6, 6.07) is -0.00573. The van der Waals surface area contributed by atoms with E-state index < -0.39 is 0 Å². The molecule has 0 saturated carbocycles. The highest BCUT2D eigenvalue weighted by molar-refractivity contribution is 5.74. The van der Waals surface area contributed by atoms with Gasteiger partial charge in [0.15, 0.2) is 0 Å². The number of carbonyl (C=O) groups excluding carboxylic acids is 1. The van der Waals surface area contributed by atoms with Crippen molar-refractivity contribution < 1.29 is 9.53 Å². The van der Waals surface area contributed by atoms with E-state index in [0.717, 1.165) is 56.3 Å². The van der Waals surface area contributed by atoms with Crippen LogP contribution >= 0.6 is 0 Å². The van der Waals surface area contributed by atoms with Crippen molar-refractivity contribution in [3.05, 3.63) is 17.0 Å². The molecule has 0 bridgehead atoms. The molecule has 0 atom stereocenters. The van der Waals surface area contributed by atoms with E-state index in [1.165, 1.54) is 0 Å². The fourth-order valence-corrected chi connectivity index (χ4v) is 3.05. The molecule has 1 aliphatic rings. The maximum absolute atomic E-state index is 12.5. The quantitative estimate of drug-likeness (QED) is 0.817. The number of morpholine rings is 1. The number of urea groups is 1. The molecule has 2 rings (SSSR count). The van der Waals surface area contributed by atoms with Crippen LogP contribution in [0.15, 0.2) is 0 Å². The van der Waals surface area contributed by atoms with E-state index in [0.29, 0.717) is 19.6 Å². The van der Waals surface area contributed by atoms with Gasteiger partial charge in [-0.05, 0) is 27.7 Å². The highest BCUT2D eigenvalue weighted by Gasteiger charge is 2.18. The summed E-state index contributed by atoms with van der Waals surface area (Å²) in [6.45, 7) is 15.3. The molecule has 0 aliphatic carbocycles. The summed E-state index contributed by atoms with van der Waals surface area (Å²) in [6.07, 6.45) is 0. The van der Waals surface area contributed by atoms with Crippen LogP contribution in [0.5, 0.6) is 0 Å². The first kappa shape index (κ1) is 18.7. The molecule has 0 aromatic carbocycles. The normalized spacial score (nSPS) is 15.5. The molecule has 1 N–H and O–H groups in total. The van der Waals surface area contributed by atoms with Gasteiger partial charge in [-0.15, -0.1) is 0 Å². The highest BCUT2D eigenvalue weighted by atomic mass is 16.5. The van der Waals surface area contributed by atoms with Crippen LogP contribution in [0.2, 0.25) is 0 Å². The van der Waals surface area contributed by atoms with E-state index in [1.807, 2.05) is 23.4 Å². The Labute approximate surface area is 144 Å². The number of aryl methyl sites for hydroxylation is 2. The molecule has 7 heteroatoms. The summed E-state index contributed by atoms with van der Waals surface area (Å²) in [4.78, 5) is 16.6. The van der Waals surface area contributed by atoms with E-state index in [-0.39, 0.29) is 6.03 Å². The number of rotatable bonds is 7. The monoisotopic (exact) mass is 337 g/mol. The summed E-state index contributed by atoms with van der Waals surface area (Å²) in [5.74, 6) is 0. The minimum absolute atomic E-state index is 0.00573. The predicted octanol–water partition coefficient (Wildman–Crippen LogP) is 1.38. The number of hydrogen-bond donors (Lipinski definition) is 1. The van der Waals surface area contributed by atoms with Crippen LogP contribution in [0.3, 0.4) is 0 Å². The number of amides is 2. The van der Waals surface area contributed by atoms with Crippen molar-refractivity contribution in [1.82, 2.24) is 24.9 Å². The Kier molecular flexibility index (Phi) is 7.05. The zero-order chi connectivity index (χ0) is 17.5. The van der Waals surface area contributed by atoms with Crippen LogP contribution < -0.4 is 5.32 Å².